The van der Waals surface area contributed by atoms with E-state index in [1.165, 1.54) is 116 Å². The lowest BCUT2D eigenvalue weighted by atomic mass is 9.64. The first-order chi connectivity index (χ1) is 16.4. The highest BCUT2D eigenvalue weighted by Crippen LogP contribution is 2.62. The van der Waals surface area contributed by atoms with Crippen LogP contribution < -0.4 is 0 Å². The molecule has 7 rings (SSSR count). The van der Waals surface area contributed by atoms with E-state index >= 15 is 0 Å². The standard InChI is InChI=1S/C30H49NOS/c1-3-10-20(11-4-1)31(21-12-5-2-6-13-21)25-16-9-15-22-23-18-19-27-28(30(23)33-29(22)25)24-14-7-8-17-26(24)32-27/h20-30H,1-19H2. The quantitative estimate of drug-likeness (QED) is 0.421. The largest absolute Gasteiger partial charge is 0.374 e. The van der Waals surface area contributed by atoms with Crippen molar-refractivity contribution in [1.82, 2.24) is 4.90 Å². The number of nitrogens with zero attached hydrogens (tertiary/aromatic N) is 1. The summed E-state index contributed by atoms with van der Waals surface area (Å²) in [7, 11) is 0. The van der Waals surface area contributed by atoms with Gasteiger partial charge < -0.3 is 4.74 Å². The molecular formula is C30H49NOS. The van der Waals surface area contributed by atoms with Crippen molar-refractivity contribution in [1.29, 1.82) is 0 Å². The van der Waals surface area contributed by atoms with Crippen LogP contribution in [0.2, 0.25) is 0 Å². The molecule has 0 amide bonds. The molecule has 7 aliphatic rings. The topological polar surface area (TPSA) is 12.5 Å². The number of rotatable bonds is 3. The Hall–Kier alpha value is 0.270. The Balaban J connectivity index is 1.16. The molecule has 7 fully saturated rings. The SMILES string of the molecule is C1CCC(N(C2CCCCC2)C2CCCC3C4CCC5OC6CCCCC6C5C4SC32)CC1. The lowest BCUT2D eigenvalue weighted by Gasteiger charge is -2.50. The Bertz CT molecular complexity index is 654. The second-order valence-corrected chi connectivity index (χ2v) is 14.6. The van der Waals surface area contributed by atoms with Crippen LogP contribution in [0, 0.1) is 23.7 Å². The maximum absolute atomic E-state index is 6.77. The molecule has 0 bridgehead atoms. The smallest absolute Gasteiger partial charge is 0.0621 e. The van der Waals surface area contributed by atoms with E-state index in [1.807, 2.05) is 0 Å². The Kier molecular flexibility index (Phi) is 6.55. The maximum atomic E-state index is 6.77. The molecule has 3 heteroatoms. The molecule has 186 valence electrons. The van der Waals surface area contributed by atoms with E-state index in [9.17, 15) is 0 Å². The van der Waals surface area contributed by atoms with Gasteiger partial charge in [0.2, 0.25) is 0 Å². The van der Waals surface area contributed by atoms with Gasteiger partial charge in [0.15, 0.2) is 0 Å². The van der Waals surface area contributed by atoms with Gasteiger partial charge in [0.25, 0.3) is 0 Å². The summed E-state index contributed by atoms with van der Waals surface area (Å²) < 4.78 is 6.77. The average Bonchev–Trinajstić information content (AvgIpc) is 3.44. The van der Waals surface area contributed by atoms with Gasteiger partial charge in [0.05, 0.1) is 12.2 Å². The molecule has 9 atom stereocenters. The number of hydrogen-bond acceptors (Lipinski definition) is 3. The minimum atomic E-state index is 0.623. The normalized spacial score (nSPS) is 48.8. The third kappa shape index (κ3) is 3.97. The zero-order valence-electron chi connectivity index (χ0n) is 21.0. The molecule has 9 unspecified atom stereocenters. The van der Waals surface area contributed by atoms with Crippen LogP contribution in [0.5, 0.6) is 0 Å². The van der Waals surface area contributed by atoms with Gasteiger partial charge in [-0.3, -0.25) is 4.90 Å². The number of fused-ring (bicyclic) bond motifs is 7. The first kappa shape index (κ1) is 22.5. The van der Waals surface area contributed by atoms with E-state index in [1.54, 1.807) is 6.42 Å². The second kappa shape index (κ2) is 9.62. The first-order valence-corrected chi connectivity index (χ1v) is 16.4. The van der Waals surface area contributed by atoms with Crippen molar-refractivity contribution in [2.75, 3.05) is 0 Å². The molecule has 2 heterocycles. The van der Waals surface area contributed by atoms with Crippen LogP contribution in [0.1, 0.15) is 122 Å². The highest BCUT2D eigenvalue weighted by molar-refractivity contribution is 8.00. The number of thioether (sulfide) groups is 1. The van der Waals surface area contributed by atoms with Crippen LogP contribution >= 0.6 is 11.8 Å². The molecule has 5 saturated carbocycles. The van der Waals surface area contributed by atoms with Gasteiger partial charge in [-0.05, 0) is 82.0 Å². The van der Waals surface area contributed by atoms with Crippen molar-refractivity contribution in [3.05, 3.63) is 0 Å². The summed E-state index contributed by atoms with van der Waals surface area (Å²) in [5.41, 5.74) is 0. The Morgan fingerprint density at radius 3 is 1.88 bits per heavy atom. The van der Waals surface area contributed by atoms with Crippen molar-refractivity contribution in [2.45, 2.75) is 163 Å². The van der Waals surface area contributed by atoms with Crippen molar-refractivity contribution in [3.63, 3.8) is 0 Å². The second-order valence-electron chi connectivity index (χ2n) is 13.2. The summed E-state index contributed by atoms with van der Waals surface area (Å²) in [6.07, 6.45) is 29.4. The molecule has 0 spiro atoms. The fraction of sp³-hybridized carbons (Fsp3) is 1.00. The van der Waals surface area contributed by atoms with Gasteiger partial charge in [-0.15, -0.1) is 0 Å². The lowest BCUT2D eigenvalue weighted by molar-refractivity contribution is -0.00840. The zero-order valence-corrected chi connectivity index (χ0v) is 21.9. The van der Waals surface area contributed by atoms with Crippen molar-refractivity contribution >= 4 is 11.8 Å². The summed E-state index contributed by atoms with van der Waals surface area (Å²) in [4.78, 5) is 3.26. The van der Waals surface area contributed by atoms with E-state index in [2.05, 4.69) is 16.7 Å². The van der Waals surface area contributed by atoms with Gasteiger partial charge in [-0.2, -0.15) is 11.8 Å². The van der Waals surface area contributed by atoms with Crippen molar-refractivity contribution in [2.24, 2.45) is 23.7 Å². The van der Waals surface area contributed by atoms with E-state index in [-0.39, 0.29) is 0 Å². The predicted octanol–water partition coefficient (Wildman–Crippen LogP) is 7.59. The van der Waals surface area contributed by atoms with Crippen LogP contribution in [-0.4, -0.2) is 45.7 Å². The molecule has 0 radical (unpaired) electrons. The summed E-state index contributed by atoms with van der Waals surface area (Å²) >= 11 is 2.55. The minimum Gasteiger partial charge on any atom is -0.374 e. The Morgan fingerprint density at radius 1 is 0.485 bits per heavy atom. The van der Waals surface area contributed by atoms with Crippen molar-refractivity contribution in [3.8, 4) is 0 Å². The van der Waals surface area contributed by atoms with Crippen LogP contribution in [0.3, 0.4) is 0 Å². The van der Waals surface area contributed by atoms with Gasteiger partial charge >= 0.3 is 0 Å². The monoisotopic (exact) mass is 471 g/mol. The average molecular weight is 472 g/mol. The van der Waals surface area contributed by atoms with Crippen LogP contribution in [-0.2, 0) is 4.74 Å². The summed E-state index contributed by atoms with van der Waals surface area (Å²) in [5, 5.41) is 1.88. The molecular weight excluding hydrogens is 422 g/mol. The molecule has 0 aromatic carbocycles. The third-order valence-corrected chi connectivity index (χ3v) is 13.6. The third-order valence-electron chi connectivity index (χ3n) is 11.7. The Morgan fingerprint density at radius 2 is 1.12 bits per heavy atom. The van der Waals surface area contributed by atoms with E-state index in [0.29, 0.717) is 12.2 Å². The minimum absolute atomic E-state index is 0.623. The van der Waals surface area contributed by atoms with Crippen molar-refractivity contribution < 1.29 is 4.74 Å². The molecule has 5 aliphatic carbocycles. The molecule has 0 aromatic rings. The fourth-order valence-electron chi connectivity index (χ4n) is 10.4. The fourth-order valence-corrected chi connectivity index (χ4v) is 12.9. The van der Waals surface area contributed by atoms with Gasteiger partial charge in [0, 0.05) is 34.5 Å². The maximum Gasteiger partial charge on any atom is 0.0621 e. The van der Waals surface area contributed by atoms with Gasteiger partial charge in [-0.1, -0.05) is 57.8 Å². The van der Waals surface area contributed by atoms with E-state index in [4.69, 9.17) is 4.74 Å². The molecule has 2 saturated heterocycles. The molecule has 2 aliphatic heterocycles. The predicted molar refractivity (Wildman–Crippen MR) is 139 cm³/mol. The summed E-state index contributed by atoms with van der Waals surface area (Å²) in [6, 6.07) is 2.73. The molecule has 2 nitrogen and oxygen atoms in total. The Labute approximate surface area is 207 Å². The highest BCUT2D eigenvalue weighted by Gasteiger charge is 2.60. The molecule has 0 N–H and O–H groups in total. The van der Waals surface area contributed by atoms with Crippen LogP contribution in [0.15, 0.2) is 0 Å². The number of hydrogen-bond donors (Lipinski definition) is 0. The van der Waals surface area contributed by atoms with Crippen LogP contribution in [0.25, 0.3) is 0 Å². The lowest BCUT2D eigenvalue weighted by Crippen LogP contribution is -2.56. The molecule has 33 heavy (non-hydrogen) atoms. The van der Waals surface area contributed by atoms with Gasteiger partial charge in [-0.25, -0.2) is 0 Å². The zero-order chi connectivity index (χ0) is 21.8. The summed E-state index contributed by atoms with van der Waals surface area (Å²) in [5.74, 6) is 3.86. The first-order valence-electron chi connectivity index (χ1n) is 15.5. The van der Waals surface area contributed by atoms with Gasteiger partial charge in [0.1, 0.15) is 0 Å². The van der Waals surface area contributed by atoms with E-state index < -0.39 is 0 Å². The summed E-state index contributed by atoms with van der Waals surface area (Å²) in [6.45, 7) is 0. The van der Waals surface area contributed by atoms with Crippen LogP contribution in [0.4, 0.5) is 0 Å². The number of ether oxygens (including phenoxy) is 1. The van der Waals surface area contributed by atoms with E-state index in [0.717, 1.165) is 52.3 Å². The molecule has 0 aromatic heterocycles. The highest BCUT2D eigenvalue weighted by atomic mass is 32.2.